The van der Waals surface area contributed by atoms with Crippen LogP contribution in [0.25, 0.3) is 0 Å². The van der Waals surface area contributed by atoms with Crippen LogP contribution in [0.5, 0.6) is 5.75 Å². The van der Waals surface area contributed by atoms with Gasteiger partial charge < -0.3 is 9.64 Å². The molecule has 132 valence electrons. The third-order valence-electron chi connectivity index (χ3n) is 5.39. The number of hydrogen-bond donors (Lipinski definition) is 0. The minimum absolute atomic E-state index is 0.227. The van der Waals surface area contributed by atoms with E-state index in [2.05, 4.69) is 29.3 Å². The lowest BCUT2D eigenvalue weighted by Crippen LogP contribution is -2.33. The average molecular weight is 356 g/mol. The number of amides is 1. The van der Waals surface area contributed by atoms with Crippen LogP contribution in [0.1, 0.15) is 52.5 Å². The summed E-state index contributed by atoms with van der Waals surface area (Å²) in [6.45, 7) is 3.00. The zero-order chi connectivity index (χ0) is 17.4. The molecule has 1 aromatic carbocycles. The third kappa shape index (κ3) is 3.45. The Balaban J connectivity index is 1.55. The van der Waals surface area contributed by atoms with E-state index in [0.29, 0.717) is 12.6 Å². The van der Waals surface area contributed by atoms with Crippen molar-refractivity contribution < 1.29 is 9.53 Å². The SMILES string of the molecule is COc1ccc(CN(C(=O)c2csc3c2CC[C@H](C)C3)C2CC2)cc1. The van der Waals surface area contributed by atoms with Crippen molar-refractivity contribution in [3.63, 3.8) is 0 Å². The van der Waals surface area contributed by atoms with Gasteiger partial charge in [0.15, 0.2) is 0 Å². The van der Waals surface area contributed by atoms with Gasteiger partial charge in [0.25, 0.3) is 5.91 Å². The number of methoxy groups -OCH3 is 1. The molecule has 25 heavy (non-hydrogen) atoms. The summed E-state index contributed by atoms with van der Waals surface area (Å²) in [5.41, 5.74) is 3.46. The molecule has 4 heteroatoms. The van der Waals surface area contributed by atoms with Crippen LogP contribution in [0.2, 0.25) is 0 Å². The van der Waals surface area contributed by atoms with Crippen LogP contribution in [0.3, 0.4) is 0 Å². The summed E-state index contributed by atoms with van der Waals surface area (Å²) in [7, 11) is 1.68. The van der Waals surface area contributed by atoms with E-state index in [0.717, 1.165) is 42.9 Å². The van der Waals surface area contributed by atoms with Gasteiger partial charge in [0.1, 0.15) is 5.75 Å². The Hall–Kier alpha value is -1.81. The first-order valence-electron chi connectivity index (χ1n) is 9.19. The number of ether oxygens (including phenoxy) is 1. The van der Waals surface area contributed by atoms with Crippen molar-refractivity contribution in [3.8, 4) is 5.75 Å². The maximum Gasteiger partial charge on any atom is 0.255 e. The first-order valence-corrected chi connectivity index (χ1v) is 10.1. The number of hydrogen-bond acceptors (Lipinski definition) is 3. The Morgan fingerprint density at radius 1 is 1.24 bits per heavy atom. The number of fused-ring (bicyclic) bond motifs is 1. The zero-order valence-electron chi connectivity index (χ0n) is 15.0. The summed E-state index contributed by atoms with van der Waals surface area (Å²) in [5, 5.41) is 2.11. The van der Waals surface area contributed by atoms with Gasteiger partial charge in [-0.1, -0.05) is 19.1 Å². The molecule has 3 nitrogen and oxygen atoms in total. The lowest BCUT2D eigenvalue weighted by molar-refractivity contribution is 0.0729. The molecular formula is C21H25NO2S. The Bertz CT molecular complexity index is 761. The summed E-state index contributed by atoms with van der Waals surface area (Å²) >= 11 is 1.78. The Kier molecular flexibility index (Phi) is 4.55. The highest BCUT2D eigenvalue weighted by molar-refractivity contribution is 7.10. The maximum absolute atomic E-state index is 13.3. The largest absolute Gasteiger partial charge is 0.497 e. The van der Waals surface area contributed by atoms with Crippen molar-refractivity contribution in [3.05, 3.63) is 51.2 Å². The van der Waals surface area contributed by atoms with Gasteiger partial charge >= 0.3 is 0 Å². The van der Waals surface area contributed by atoms with Crippen molar-refractivity contribution >= 4 is 17.2 Å². The highest BCUT2D eigenvalue weighted by Crippen LogP contribution is 2.36. The minimum Gasteiger partial charge on any atom is -0.497 e. The van der Waals surface area contributed by atoms with Crippen LogP contribution in [0.15, 0.2) is 29.6 Å². The molecule has 0 spiro atoms. The molecule has 4 rings (SSSR count). The lowest BCUT2D eigenvalue weighted by Gasteiger charge is -2.24. The molecule has 0 N–H and O–H groups in total. The van der Waals surface area contributed by atoms with Crippen LogP contribution in [0, 0.1) is 5.92 Å². The predicted molar refractivity (Wildman–Crippen MR) is 101 cm³/mol. The van der Waals surface area contributed by atoms with Gasteiger partial charge in [-0.25, -0.2) is 0 Å². The molecule has 0 radical (unpaired) electrons. The number of carbonyl (C=O) groups is 1. The normalized spacial score (nSPS) is 19.4. The van der Waals surface area contributed by atoms with Gasteiger partial charge in [-0.05, 0) is 61.3 Å². The minimum atomic E-state index is 0.227. The Morgan fingerprint density at radius 3 is 2.68 bits per heavy atom. The van der Waals surface area contributed by atoms with E-state index in [1.807, 2.05) is 12.1 Å². The summed E-state index contributed by atoms with van der Waals surface area (Å²) in [5.74, 6) is 1.83. The van der Waals surface area contributed by atoms with E-state index in [-0.39, 0.29) is 5.91 Å². The van der Waals surface area contributed by atoms with Gasteiger partial charge in [0, 0.05) is 22.8 Å². The number of nitrogens with zero attached hydrogens (tertiary/aromatic N) is 1. The summed E-state index contributed by atoms with van der Waals surface area (Å²) in [6, 6.07) is 8.48. The molecule has 2 aliphatic carbocycles. The number of rotatable bonds is 5. The molecule has 1 fully saturated rings. The maximum atomic E-state index is 13.3. The van der Waals surface area contributed by atoms with Crippen LogP contribution < -0.4 is 4.74 Å². The summed E-state index contributed by atoms with van der Waals surface area (Å²) < 4.78 is 5.23. The molecule has 1 saturated carbocycles. The standard InChI is InChI=1S/C21H25NO2S/c1-14-3-10-18-19(13-25-20(18)11-14)21(23)22(16-6-7-16)12-15-4-8-17(24-2)9-5-15/h4-5,8-9,13-14,16H,3,6-7,10-12H2,1-2H3/t14-/m0/s1. The number of thiophene rings is 1. The smallest absolute Gasteiger partial charge is 0.255 e. The molecule has 0 unspecified atom stereocenters. The van der Waals surface area contributed by atoms with Gasteiger partial charge in [-0.15, -0.1) is 11.3 Å². The van der Waals surface area contributed by atoms with E-state index < -0.39 is 0 Å². The van der Waals surface area contributed by atoms with Crippen molar-refractivity contribution in [1.29, 1.82) is 0 Å². The van der Waals surface area contributed by atoms with Crippen molar-refractivity contribution in [2.75, 3.05) is 7.11 Å². The van der Waals surface area contributed by atoms with E-state index in [9.17, 15) is 4.79 Å². The number of benzene rings is 1. The van der Waals surface area contributed by atoms with Crippen LogP contribution in [0.4, 0.5) is 0 Å². The molecule has 2 aromatic rings. The molecule has 1 amide bonds. The second-order valence-corrected chi connectivity index (χ2v) is 8.38. The first-order chi connectivity index (χ1) is 12.2. The molecule has 1 heterocycles. The molecule has 2 aliphatic rings. The molecule has 1 atom stereocenters. The monoisotopic (exact) mass is 355 g/mol. The summed E-state index contributed by atoms with van der Waals surface area (Å²) in [6.07, 6.45) is 5.65. The molecule has 1 aromatic heterocycles. The fourth-order valence-corrected chi connectivity index (χ4v) is 4.93. The van der Waals surface area contributed by atoms with Crippen molar-refractivity contribution in [2.45, 2.75) is 51.6 Å². The van der Waals surface area contributed by atoms with Crippen molar-refractivity contribution in [2.24, 2.45) is 5.92 Å². The predicted octanol–water partition coefficient (Wildman–Crippen LogP) is 4.69. The van der Waals surface area contributed by atoms with Gasteiger partial charge in [0.05, 0.1) is 12.7 Å². The molecule has 0 bridgehead atoms. The van der Waals surface area contributed by atoms with E-state index in [1.54, 1.807) is 18.4 Å². The fourth-order valence-electron chi connectivity index (χ4n) is 3.69. The second-order valence-electron chi connectivity index (χ2n) is 7.41. The quantitative estimate of drug-likeness (QED) is 0.779. The van der Waals surface area contributed by atoms with Gasteiger partial charge in [-0.2, -0.15) is 0 Å². The molecule has 0 aliphatic heterocycles. The van der Waals surface area contributed by atoms with E-state index in [1.165, 1.54) is 22.4 Å². The first kappa shape index (κ1) is 16.6. The highest BCUT2D eigenvalue weighted by Gasteiger charge is 2.35. The number of carbonyl (C=O) groups excluding carboxylic acids is 1. The van der Waals surface area contributed by atoms with Gasteiger partial charge in [-0.3, -0.25) is 4.79 Å². The molecular weight excluding hydrogens is 330 g/mol. The second kappa shape index (κ2) is 6.83. The van der Waals surface area contributed by atoms with Crippen molar-refractivity contribution in [1.82, 2.24) is 4.90 Å². The van der Waals surface area contributed by atoms with E-state index >= 15 is 0 Å². The average Bonchev–Trinajstić information content (AvgIpc) is 3.39. The fraction of sp³-hybridized carbons (Fsp3) is 0.476. The van der Waals surface area contributed by atoms with Crippen LogP contribution in [-0.4, -0.2) is 24.0 Å². The molecule has 0 saturated heterocycles. The Labute approximate surface area is 153 Å². The zero-order valence-corrected chi connectivity index (χ0v) is 15.8. The van der Waals surface area contributed by atoms with Gasteiger partial charge in [0.2, 0.25) is 0 Å². The lowest BCUT2D eigenvalue weighted by atomic mass is 9.88. The van der Waals surface area contributed by atoms with Crippen LogP contribution in [-0.2, 0) is 19.4 Å². The summed E-state index contributed by atoms with van der Waals surface area (Å²) in [4.78, 5) is 16.8. The van der Waals surface area contributed by atoms with Crippen LogP contribution >= 0.6 is 11.3 Å². The topological polar surface area (TPSA) is 29.5 Å². The Morgan fingerprint density at radius 2 is 2.00 bits per heavy atom. The third-order valence-corrected chi connectivity index (χ3v) is 6.44. The highest BCUT2D eigenvalue weighted by atomic mass is 32.1. The van der Waals surface area contributed by atoms with E-state index in [4.69, 9.17) is 4.74 Å².